The maximum Gasteiger partial charge on any atom is 0.270 e. The van der Waals surface area contributed by atoms with Crippen LogP contribution in [0.25, 0.3) is 10.6 Å². The zero-order valence-electron chi connectivity index (χ0n) is 17.6. The molecule has 0 saturated carbocycles. The van der Waals surface area contributed by atoms with Gasteiger partial charge < -0.3 is 19.7 Å². The van der Waals surface area contributed by atoms with Crippen molar-refractivity contribution in [3.05, 3.63) is 65.2 Å². The molecule has 158 valence electrons. The molecule has 1 aromatic heterocycles. The molecule has 0 aliphatic carbocycles. The summed E-state index contributed by atoms with van der Waals surface area (Å²) in [6, 6.07) is 16.0. The minimum Gasteiger partial charge on any atom is -0.493 e. The van der Waals surface area contributed by atoms with Gasteiger partial charge in [0.15, 0.2) is 11.5 Å². The molecule has 0 bridgehead atoms. The molecule has 3 aromatic rings. The van der Waals surface area contributed by atoms with E-state index in [1.807, 2.05) is 36.4 Å². The van der Waals surface area contributed by atoms with Crippen LogP contribution in [0.3, 0.4) is 0 Å². The number of benzene rings is 2. The fourth-order valence-corrected chi connectivity index (χ4v) is 3.89. The number of nitrogens with one attached hydrogen (secondary N) is 1. The third-order valence-electron chi connectivity index (χ3n) is 4.66. The fourth-order valence-electron chi connectivity index (χ4n) is 3.10. The van der Waals surface area contributed by atoms with E-state index >= 15 is 0 Å². The van der Waals surface area contributed by atoms with Gasteiger partial charge >= 0.3 is 0 Å². The van der Waals surface area contributed by atoms with E-state index in [4.69, 9.17) is 9.47 Å². The van der Waals surface area contributed by atoms with Gasteiger partial charge in [0.05, 0.1) is 14.2 Å². The predicted molar refractivity (Wildman–Crippen MR) is 120 cm³/mol. The summed E-state index contributed by atoms with van der Waals surface area (Å²) >= 11 is 1.43. The molecular formula is C23H27N3O3S. The Balaban J connectivity index is 1.48. The molecule has 0 atom stereocenters. The molecule has 0 spiro atoms. The van der Waals surface area contributed by atoms with Crippen molar-refractivity contribution >= 4 is 17.2 Å². The Morgan fingerprint density at radius 2 is 1.87 bits per heavy atom. The van der Waals surface area contributed by atoms with Gasteiger partial charge in [-0.25, -0.2) is 4.98 Å². The molecule has 2 aromatic carbocycles. The van der Waals surface area contributed by atoms with Gasteiger partial charge in [0.2, 0.25) is 0 Å². The molecule has 0 unspecified atom stereocenters. The maximum atomic E-state index is 12.4. The van der Waals surface area contributed by atoms with Crippen LogP contribution in [-0.2, 0) is 6.54 Å². The molecule has 7 heteroatoms. The van der Waals surface area contributed by atoms with Crippen LogP contribution < -0.4 is 14.8 Å². The summed E-state index contributed by atoms with van der Waals surface area (Å²) in [6.07, 6.45) is 0.877. The summed E-state index contributed by atoms with van der Waals surface area (Å²) in [5, 5.41) is 5.51. The number of ether oxygens (including phenoxy) is 2. The van der Waals surface area contributed by atoms with E-state index in [1.54, 1.807) is 19.6 Å². The van der Waals surface area contributed by atoms with Crippen molar-refractivity contribution in [2.75, 3.05) is 34.4 Å². The zero-order valence-corrected chi connectivity index (χ0v) is 18.4. The first-order valence-electron chi connectivity index (χ1n) is 9.79. The van der Waals surface area contributed by atoms with E-state index in [1.165, 1.54) is 16.9 Å². The molecule has 30 heavy (non-hydrogen) atoms. The molecule has 1 N–H and O–H groups in total. The highest BCUT2D eigenvalue weighted by Gasteiger charge is 2.13. The van der Waals surface area contributed by atoms with E-state index in [-0.39, 0.29) is 5.91 Å². The minimum atomic E-state index is -0.149. The quantitative estimate of drug-likeness (QED) is 0.496. The molecule has 0 fully saturated rings. The lowest BCUT2D eigenvalue weighted by molar-refractivity contribution is 0.0947. The van der Waals surface area contributed by atoms with Crippen LogP contribution in [0.4, 0.5) is 0 Å². The van der Waals surface area contributed by atoms with Crippen molar-refractivity contribution in [3.63, 3.8) is 0 Å². The van der Waals surface area contributed by atoms with Crippen molar-refractivity contribution in [1.82, 2.24) is 15.2 Å². The normalized spacial score (nSPS) is 10.8. The summed E-state index contributed by atoms with van der Waals surface area (Å²) in [7, 11) is 5.28. The molecule has 0 radical (unpaired) electrons. The number of amides is 1. The number of rotatable bonds is 10. The van der Waals surface area contributed by atoms with E-state index < -0.39 is 0 Å². The number of methoxy groups -OCH3 is 2. The number of thiazole rings is 1. The van der Waals surface area contributed by atoms with E-state index in [0.29, 0.717) is 23.7 Å². The molecule has 0 aliphatic heterocycles. The van der Waals surface area contributed by atoms with Crippen LogP contribution in [-0.4, -0.2) is 50.1 Å². The maximum absolute atomic E-state index is 12.4. The van der Waals surface area contributed by atoms with Crippen molar-refractivity contribution in [2.24, 2.45) is 0 Å². The molecule has 0 aliphatic rings. The number of nitrogens with zero attached hydrogens (tertiary/aromatic N) is 2. The Labute approximate surface area is 181 Å². The third kappa shape index (κ3) is 5.81. The van der Waals surface area contributed by atoms with E-state index in [0.717, 1.165) is 30.1 Å². The van der Waals surface area contributed by atoms with Crippen LogP contribution in [0.15, 0.2) is 53.9 Å². The topological polar surface area (TPSA) is 63.7 Å². The lowest BCUT2D eigenvalue weighted by atomic mass is 10.2. The van der Waals surface area contributed by atoms with Crippen LogP contribution in [0, 0.1) is 0 Å². The smallest absolute Gasteiger partial charge is 0.270 e. The average Bonchev–Trinajstić information content (AvgIpc) is 3.27. The van der Waals surface area contributed by atoms with Gasteiger partial charge in [-0.05, 0) is 43.8 Å². The Morgan fingerprint density at radius 3 is 2.60 bits per heavy atom. The Bertz CT molecular complexity index is 959. The second-order valence-electron chi connectivity index (χ2n) is 6.94. The summed E-state index contributed by atoms with van der Waals surface area (Å²) < 4.78 is 10.6. The van der Waals surface area contributed by atoms with Gasteiger partial charge in [0.25, 0.3) is 5.91 Å². The third-order valence-corrected chi connectivity index (χ3v) is 5.56. The average molecular weight is 426 g/mol. The number of carbonyl (C=O) groups is 1. The lowest BCUT2D eigenvalue weighted by Gasteiger charge is -2.16. The number of aromatic nitrogens is 1. The second kappa shape index (κ2) is 10.8. The van der Waals surface area contributed by atoms with Gasteiger partial charge in [-0.1, -0.05) is 30.3 Å². The summed E-state index contributed by atoms with van der Waals surface area (Å²) in [6.45, 7) is 2.42. The van der Waals surface area contributed by atoms with Crippen LogP contribution >= 0.6 is 11.3 Å². The highest BCUT2D eigenvalue weighted by molar-refractivity contribution is 7.13. The number of hydrogen-bond acceptors (Lipinski definition) is 6. The molecular weight excluding hydrogens is 398 g/mol. The van der Waals surface area contributed by atoms with Gasteiger partial charge in [0.1, 0.15) is 10.7 Å². The Morgan fingerprint density at radius 1 is 1.10 bits per heavy atom. The van der Waals surface area contributed by atoms with Crippen LogP contribution in [0.1, 0.15) is 22.5 Å². The van der Waals surface area contributed by atoms with Gasteiger partial charge in [0, 0.05) is 24.0 Å². The van der Waals surface area contributed by atoms with Crippen molar-refractivity contribution in [3.8, 4) is 22.1 Å². The lowest BCUT2D eigenvalue weighted by Crippen LogP contribution is -2.28. The minimum absolute atomic E-state index is 0.149. The Kier molecular flexibility index (Phi) is 7.82. The standard InChI is InChI=1S/C23H27N3O3S/c1-26(15-17-8-5-4-6-9-17)13-7-12-24-22(27)19-16-30-23(25-19)18-10-11-20(28-2)21(14-18)29-3/h4-6,8-11,14,16H,7,12-13,15H2,1-3H3,(H,24,27). The molecule has 6 nitrogen and oxygen atoms in total. The Hall–Kier alpha value is -2.90. The highest BCUT2D eigenvalue weighted by Crippen LogP contribution is 2.33. The van der Waals surface area contributed by atoms with E-state index in [9.17, 15) is 4.79 Å². The van der Waals surface area contributed by atoms with Gasteiger partial charge in [-0.3, -0.25) is 4.79 Å². The monoisotopic (exact) mass is 425 g/mol. The first-order valence-corrected chi connectivity index (χ1v) is 10.7. The van der Waals surface area contributed by atoms with E-state index in [2.05, 4.69) is 34.4 Å². The number of carbonyl (C=O) groups excluding carboxylic acids is 1. The predicted octanol–water partition coefficient (Wildman–Crippen LogP) is 4.08. The molecule has 3 rings (SSSR count). The SMILES string of the molecule is COc1ccc(-c2nc(C(=O)NCCCN(C)Cc3ccccc3)cs2)cc1OC. The van der Waals surface area contributed by atoms with Gasteiger partial charge in [-0.15, -0.1) is 11.3 Å². The first kappa shape index (κ1) is 21.8. The van der Waals surface area contributed by atoms with Gasteiger partial charge in [-0.2, -0.15) is 0 Å². The van der Waals surface area contributed by atoms with Crippen molar-refractivity contribution < 1.29 is 14.3 Å². The fraction of sp³-hybridized carbons (Fsp3) is 0.304. The van der Waals surface area contributed by atoms with Crippen LogP contribution in [0.5, 0.6) is 11.5 Å². The largest absolute Gasteiger partial charge is 0.493 e. The van der Waals surface area contributed by atoms with Crippen LogP contribution in [0.2, 0.25) is 0 Å². The van der Waals surface area contributed by atoms with Crippen molar-refractivity contribution in [1.29, 1.82) is 0 Å². The number of hydrogen-bond donors (Lipinski definition) is 1. The highest BCUT2D eigenvalue weighted by atomic mass is 32.1. The van der Waals surface area contributed by atoms with Crippen molar-refractivity contribution in [2.45, 2.75) is 13.0 Å². The first-order chi connectivity index (χ1) is 14.6. The zero-order chi connectivity index (χ0) is 21.3. The summed E-state index contributed by atoms with van der Waals surface area (Å²) in [4.78, 5) is 19.2. The molecule has 1 heterocycles. The molecule has 1 amide bonds. The summed E-state index contributed by atoms with van der Waals surface area (Å²) in [5.41, 5.74) is 2.61. The molecule has 0 saturated heterocycles. The summed E-state index contributed by atoms with van der Waals surface area (Å²) in [5.74, 6) is 1.15. The second-order valence-corrected chi connectivity index (χ2v) is 7.80.